The van der Waals surface area contributed by atoms with Gasteiger partial charge in [-0.2, -0.15) is 0 Å². The van der Waals surface area contributed by atoms with Crippen molar-refractivity contribution < 1.29 is 0 Å². The third-order valence-corrected chi connectivity index (χ3v) is 5.03. The fraction of sp³-hybridized carbons (Fsp3) is 0.722. The number of rotatable bonds is 4. The minimum Gasteiger partial charge on any atom is -0.371 e. The molecule has 116 valence electrons. The summed E-state index contributed by atoms with van der Waals surface area (Å²) in [4.78, 5) is 7.03. The molecule has 0 aromatic carbocycles. The molecule has 0 amide bonds. The molecule has 0 unspecified atom stereocenters. The van der Waals surface area contributed by atoms with Crippen LogP contribution in [0, 0.1) is 11.3 Å². The van der Waals surface area contributed by atoms with Gasteiger partial charge in [0, 0.05) is 37.6 Å². The van der Waals surface area contributed by atoms with Crippen LogP contribution in [-0.2, 0) is 6.54 Å². The van der Waals surface area contributed by atoms with E-state index in [0.29, 0.717) is 5.41 Å². The van der Waals surface area contributed by atoms with Crippen molar-refractivity contribution in [3.63, 3.8) is 0 Å². The molecule has 21 heavy (non-hydrogen) atoms. The van der Waals surface area contributed by atoms with E-state index in [9.17, 15) is 0 Å². The number of piperidine rings is 1. The lowest BCUT2D eigenvalue weighted by Gasteiger charge is -2.39. The highest BCUT2D eigenvalue weighted by Crippen LogP contribution is 2.35. The van der Waals surface area contributed by atoms with Crippen LogP contribution in [0.4, 0.5) is 5.69 Å². The van der Waals surface area contributed by atoms with Crippen LogP contribution in [0.5, 0.6) is 0 Å². The molecule has 0 radical (unpaired) electrons. The van der Waals surface area contributed by atoms with E-state index in [-0.39, 0.29) is 0 Å². The Bertz CT molecular complexity index is 466. The normalized spacial score (nSPS) is 20.8. The summed E-state index contributed by atoms with van der Waals surface area (Å²) in [7, 11) is 0. The van der Waals surface area contributed by atoms with Gasteiger partial charge in [-0.25, -0.2) is 0 Å². The molecule has 3 nitrogen and oxygen atoms in total. The second-order valence-electron chi connectivity index (χ2n) is 7.79. The van der Waals surface area contributed by atoms with Crippen molar-refractivity contribution in [3.8, 4) is 0 Å². The Hall–Kier alpha value is -1.09. The Kier molecular flexibility index (Phi) is 4.21. The van der Waals surface area contributed by atoms with Crippen molar-refractivity contribution in [2.75, 3.05) is 18.0 Å². The second kappa shape index (κ2) is 5.96. The molecular formula is C18H29N3. The van der Waals surface area contributed by atoms with Gasteiger partial charge < -0.3 is 10.2 Å². The molecule has 2 fully saturated rings. The van der Waals surface area contributed by atoms with Crippen LogP contribution < -0.4 is 10.2 Å². The monoisotopic (exact) mass is 287 g/mol. The summed E-state index contributed by atoms with van der Waals surface area (Å²) in [6, 6.07) is 5.18. The number of nitrogens with one attached hydrogen (secondary N) is 1. The first-order valence-electron chi connectivity index (χ1n) is 8.45. The summed E-state index contributed by atoms with van der Waals surface area (Å²) in [5, 5.41) is 3.55. The molecule has 3 heteroatoms. The molecule has 0 bridgehead atoms. The van der Waals surface area contributed by atoms with Crippen LogP contribution in [0.25, 0.3) is 0 Å². The van der Waals surface area contributed by atoms with Gasteiger partial charge in [0.15, 0.2) is 0 Å². The van der Waals surface area contributed by atoms with Gasteiger partial charge in [-0.05, 0) is 49.1 Å². The molecule has 1 N–H and O–H groups in total. The van der Waals surface area contributed by atoms with Crippen molar-refractivity contribution in [3.05, 3.63) is 24.0 Å². The van der Waals surface area contributed by atoms with E-state index in [4.69, 9.17) is 0 Å². The molecule has 0 atom stereocenters. The Morgan fingerprint density at radius 1 is 1.19 bits per heavy atom. The lowest BCUT2D eigenvalue weighted by Crippen LogP contribution is -2.38. The average Bonchev–Trinajstić information content (AvgIpc) is 3.29. The minimum absolute atomic E-state index is 0.448. The topological polar surface area (TPSA) is 28.2 Å². The van der Waals surface area contributed by atoms with E-state index in [2.05, 4.69) is 48.1 Å². The summed E-state index contributed by atoms with van der Waals surface area (Å²) in [6.07, 6.45) is 7.25. The molecule has 2 aliphatic rings. The van der Waals surface area contributed by atoms with E-state index < -0.39 is 0 Å². The van der Waals surface area contributed by atoms with E-state index in [1.807, 2.05) is 6.20 Å². The van der Waals surface area contributed by atoms with Gasteiger partial charge in [0.05, 0.1) is 5.69 Å². The minimum atomic E-state index is 0.448. The van der Waals surface area contributed by atoms with E-state index >= 15 is 0 Å². The van der Waals surface area contributed by atoms with E-state index in [1.165, 1.54) is 50.2 Å². The summed E-state index contributed by atoms with van der Waals surface area (Å²) in [5.41, 5.74) is 2.98. The number of hydrogen-bond acceptors (Lipinski definition) is 3. The lowest BCUT2D eigenvalue weighted by atomic mass is 9.75. The van der Waals surface area contributed by atoms with Crippen molar-refractivity contribution in [1.82, 2.24) is 10.3 Å². The first-order valence-corrected chi connectivity index (χ1v) is 8.45. The van der Waals surface area contributed by atoms with Crippen molar-refractivity contribution >= 4 is 5.69 Å². The quantitative estimate of drug-likeness (QED) is 0.917. The maximum Gasteiger partial charge on any atom is 0.0562 e. The third kappa shape index (κ3) is 3.97. The zero-order valence-electron chi connectivity index (χ0n) is 13.7. The number of aromatic nitrogens is 1. The molecule has 1 aromatic heterocycles. The predicted molar refractivity (Wildman–Crippen MR) is 88.5 cm³/mol. The molecule has 2 heterocycles. The van der Waals surface area contributed by atoms with Crippen molar-refractivity contribution in [2.24, 2.45) is 11.3 Å². The van der Waals surface area contributed by atoms with Crippen LogP contribution in [0.1, 0.15) is 52.1 Å². The molecule has 0 spiro atoms. The van der Waals surface area contributed by atoms with E-state index in [0.717, 1.165) is 18.5 Å². The van der Waals surface area contributed by atoms with Gasteiger partial charge in [0.25, 0.3) is 0 Å². The van der Waals surface area contributed by atoms with Crippen LogP contribution >= 0.6 is 0 Å². The maximum atomic E-state index is 4.50. The summed E-state index contributed by atoms with van der Waals surface area (Å²) < 4.78 is 0. The van der Waals surface area contributed by atoms with Gasteiger partial charge in [-0.3, -0.25) is 4.98 Å². The van der Waals surface area contributed by atoms with Crippen LogP contribution in [0.3, 0.4) is 0 Å². The van der Waals surface area contributed by atoms with Crippen LogP contribution in [0.2, 0.25) is 0 Å². The molecule has 1 aromatic rings. The number of hydrogen-bond donors (Lipinski definition) is 1. The smallest absolute Gasteiger partial charge is 0.0562 e. The summed E-state index contributed by atoms with van der Waals surface area (Å²) in [6.45, 7) is 10.4. The molecule has 3 rings (SSSR count). The Morgan fingerprint density at radius 2 is 1.90 bits per heavy atom. The zero-order chi connectivity index (χ0) is 14.9. The Labute approximate surface area is 129 Å². The van der Waals surface area contributed by atoms with Crippen LogP contribution in [-0.4, -0.2) is 24.1 Å². The third-order valence-electron chi connectivity index (χ3n) is 5.03. The molecule has 1 aliphatic heterocycles. The fourth-order valence-electron chi connectivity index (χ4n) is 3.30. The number of nitrogens with zero attached hydrogens (tertiary/aromatic N) is 2. The van der Waals surface area contributed by atoms with Gasteiger partial charge in [0.2, 0.25) is 0 Å². The average molecular weight is 287 g/mol. The molecule has 1 saturated carbocycles. The number of anilines is 1. The highest BCUT2D eigenvalue weighted by atomic mass is 15.1. The van der Waals surface area contributed by atoms with Crippen LogP contribution in [0.15, 0.2) is 18.3 Å². The SMILES string of the molecule is CC(C)(C)C1CCN(c2ccnc(CNC3CC3)c2)CC1. The zero-order valence-corrected chi connectivity index (χ0v) is 13.7. The highest BCUT2D eigenvalue weighted by molar-refractivity contribution is 5.47. The number of pyridine rings is 1. The lowest BCUT2D eigenvalue weighted by molar-refractivity contribution is 0.199. The fourth-order valence-corrected chi connectivity index (χ4v) is 3.30. The van der Waals surface area contributed by atoms with E-state index in [1.54, 1.807) is 0 Å². The van der Waals surface area contributed by atoms with Gasteiger partial charge in [-0.1, -0.05) is 20.8 Å². The largest absolute Gasteiger partial charge is 0.371 e. The van der Waals surface area contributed by atoms with Gasteiger partial charge in [0.1, 0.15) is 0 Å². The Morgan fingerprint density at radius 3 is 2.52 bits per heavy atom. The molecule has 1 saturated heterocycles. The molecular weight excluding hydrogens is 258 g/mol. The second-order valence-corrected chi connectivity index (χ2v) is 7.79. The summed E-state index contributed by atoms with van der Waals surface area (Å²) in [5.74, 6) is 0.853. The summed E-state index contributed by atoms with van der Waals surface area (Å²) >= 11 is 0. The van der Waals surface area contributed by atoms with Crippen molar-refractivity contribution in [2.45, 2.75) is 59.0 Å². The van der Waals surface area contributed by atoms with Gasteiger partial charge >= 0.3 is 0 Å². The first-order chi connectivity index (χ1) is 10.0. The standard InChI is InChI=1S/C18H29N3/c1-18(2,3)14-7-10-21(11-8-14)17-6-9-19-16(12-17)13-20-15-4-5-15/h6,9,12,14-15,20H,4-5,7-8,10-11,13H2,1-3H3. The van der Waals surface area contributed by atoms with Gasteiger partial charge in [-0.15, -0.1) is 0 Å². The maximum absolute atomic E-state index is 4.50. The first kappa shape index (κ1) is 14.8. The predicted octanol–water partition coefficient (Wildman–Crippen LogP) is 3.60. The molecule has 1 aliphatic carbocycles. The highest BCUT2D eigenvalue weighted by Gasteiger charge is 2.28. The van der Waals surface area contributed by atoms with Crippen molar-refractivity contribution in [1.29, 1.82) is 0 Å². The Balaban J connectivity index is 1.58.